The number of ketones is 1. The van der Waals surface area contributed by atoms with Crippen LogP contribution in [0.2, 0.25) is 5.02 Å². The van der Waals surface area contributed by atoms with Gasteiger partial charge in [0.05, 0.1) is 0 Å². The third kappa shape index (κ3) is 3.83. The molecule has 8 heteroatoms. The number of primary amides is 1. The maximum Gasteiger partial charge on any atom is 0.241 e. The van der Waals surface area contributed by atoms with Gasteiger partial charge in [0.25, 0.3) is 0 Å². The van der Waals surface area contributed by atoms with E-state index in [0.29, 0.717) is 32.9 Å². The Kier molecular flexibility index (Phi) is 5.12. The van der Waals surface area contributed by atoms with Crippen LogP contribution in [-0.4, -0.2) is 26.6 Å². The molecule has 0 bridgehead atoms. The Balaban J connectivity index is 1.69. The molecule has 30 heavy (non-hydrogen) atoms. The topological polar surface area (TPSA) is 102 Å². The number of aromatic amines is 1. The number of hydrogen-bond acceptors (Lipinski definition) is 4. The smallest absolute Gasteiger partial charge is 0.241 e. The van der Waals surface area contributed by atoms with Gasteiger partial charge in [-0.05, 0) is 42.5 Å². The van der Waals surface area contributed by atoms with Crippen molar-refractivity contribution in [3.8, 4) is 11.1 Å². The monoisotopic (exact) mass is 420 g/mol. The average Bonchev–Trinajstić information content (AvgIpc) is 3.14. The van der Waals surface area contributed by atoms with E-state index in [2.05, 4.69) is 15.0 Å². The fourth-order valence-electron chi connectivity index (χ4n) is 2.99. The molecule has 1 amide bonds. The summed E-state index contributed by atoms with van der Waals surface area (Å²) in [6.07, 6.45) is 7.48. The van der Waals surface area contributed by atoms with Gasteiger partial charge in [-0.25, -0.2) is 14.4 Å². The zero-order chi connectivity index (χ0) is 21.3. The number of rotatable bonds is 5. The number of carbonyl (C=O) groups excluding carboxylic acids is 2. The predicted molar refractivity (Wildman–Crippen MR) is 112 cm³/mol. The number of fused-ring (bicyclic) bond motifs is 1. The third-order valence-electron chi connectivity index (χ3n) is 4.49. The van der Waals surface area contributed by atoms with E-state index in [1.807, 2.05) is 0 Å². The summed E-state index contributed by atoms with van der Waals surface area (Å²) in [6, 6.07) is 9.18. The van der Waals surface area contributed by atoms with E-state index < -0.39 is 17.5 Å². The van der Waals surface area contributed by atoms with Gasteiger partial charge in [0.1, 0.15) is 11.3 Å². The lowest BCUT2D eigenvalue weighted by atomic mass is 10.0. The fraction of sp³-hybridized carbons (Fsp3) is 0. The molecule has 0 aliphatic carbocycles. The molecule has 0 fully saturated rings. The Morgan fingerprint density at radius 3 is 2.47 bits per heavy atom. The Bertz CT molecular complexity index is 1310. The molecule has 0 radical (unpaired) electrons. The van der Waals surface area contributed by atoms with Gasteiger partial charge in [0, 0.05) is 57.3 Å². The van der Waals surface area contributed by atoms with Crippen LogP contribution in [0.15, 0.2) is 61.1 Å². The number of halogens is 2. The maximum absolute atomic E-state index is 14.7. The first-order valence-corrected chi connectivity index (χ1v) is 9.21. The minimum absolute atomic E-state index is 0.276. The first-order valence-electron chi connectivity index (χ1n) is 8.83. The first kappa shape index (κ1) is 19.5. The van der Waals surface area contributed by atoms with Gasteiger partial charge in [0.2, 0.25) is 11.7 Å². The molecule has 0 aliphatic heterocycles. The number of nitrogens with zero attached hydrogens (tertiary/aromatic N) is 2. The van der Waals surface area contributed by atoms with Crippen molar-refractivity contribution in [3.05, 3.63) is 88.7 Å². The molecule has 3 N–H and O–H groups in total. The van der Waals surface area contributed by atoms with Gasteiger partial charge in [-0.2, -0.15) is 0 Å². The standard InChI is InChI=1S/C22H14ClFN4O2/c23-16-4-1-12(2-5-16)21(30)20-18(24)8-15(10-26-20)14-7-17-13(3-6-19(25)29)9-27-22(17)28-11-14/h1-11H,(H2,25,29)(H,27,28)/b6-3+. The number of benzene rings is 1. The molecular formula is C22H14ClFN4O2. The lowest BCUT2D eigenvalue weighted by molar-refractivity contribution is -0.113. The molecule has 3 heterocycles. The normalized spacial score (nSPS) is 11.3. The van der Waals surface area contributed by atoms with Crippen molar-refractivity contribution >= 4 is 40.4 Å². The van der Waals surface area contributed by atoms with Crippen molar-refractivity contribution in [3.63, 3.8) is 0 Å². The molecule has 0 saturated carbocycles. The molecule has 0 atom stereocenters. The Morgan fingerprint density at radius 2 is 1.77 bits per heavy atom. The first-order chi connectivity index (χ1) is 14.4. The molecule has 0 aliphatic rings. The van der Waals surface area contributed by atoms with E-state index in [1.54, 1.807) is 36.7 Å². The molecule has 1 aromatic carbocycles. The number of nitrogens with one attached hydrogen (secondary N) is 1. The third-order valence-corrected chi connectivity index (χ3v) is 4.74. The summed E-state index contributed by atoms with van der Waals surface area (Å²) in [5.41, 5.74) is 7.53. The highest BCUT2D eigenvalue weighted by atomic mass is 35.5. The lowest BCUT2D eigenvalue weighted by Crippen LogP contribution is -2.07. The summed E-state index contributed by atoms with van der Waals surface area (Å²) in [5, 5.41) is 1.21. The lowest BCUT2D eigenvalue weighted by Gasteiger charge is -2.06. The van der Waals surface area contributed by atoms with Crippen LogP contribution in [-0.2, 0) is 4.79 Å². The van der Waals surface area contributed by atoms with Gasteiger partial charge >= 0.3 is 0 Å². The summed E-state index contributed by atoms with van der Waals surface area (Å²) in [6.45, 7) is 0. The molecule has 148 valence electrons. The average molecular weight is 421 g/mol. The van der Waals surface area contributed by atoms with Crippen molar-refractivity contribution in [2.24, 2.45) is 5.73 Å². The van der Waals surface area contributed by atoms with E-state index in [9.17, 15) is 14.0 Å². The van der Waals surface area contributed by atoms with Gasteiger partial charge in [0.15, 0.2) is 5.82 Å². The number of nitrogens with two attached hydrogens (primary N) is 1. The summed E-state index contributed by atoms with van der Waals surface area (Å²) in [4.78, 5) is 34.9. The highest BCUT2D eigenvalue weighted by Crippen LogP contribution is 2.26. The molecule has 3 aromatic heterocycles. The second kappa shape index (κ2) is 7.88. The zero-order valence-electron chi connectivity index (χ0n) is 15.4. The van der Waals surface area contributed by atoms with Crippen LogP contribution in [0.5, 0.6) is 0 Å². The quantitative estimate of drug-likeness (QED) is 0.374. The van der Waals surface area contributed by atoms with Crippen LogP contribution < -0.4 is 5.73 Å². The van der Waals surface area contributed by atoms with Crippen molar-refractivity contribution in [1.82, 2.24) is 15.0 Å². The second-order valence-electron chi connectivity index (χ2n) is 6.49. The number of hydrogen-bond donors (Lipinski definition) is 2. The van der Waals surface area contributed by atoms with Crippen molar-refractivity contribution in [2.45, 2.75) is 0 Å². The van der Waals surface area contributed by atoms with Gasteiger partial charge in [-0.1, -0.05) is 11.6 Å². The summed E-state index contributed by atoms with van der Waals surface area (Å²) < 4.78 is 14.7. The van der Waals surface area contributed by atoms with Crippen LogP contribution in [0.25, 0.3) is 28.2 Å². The van der Waals surface area contributed by atoms with E-state index in [1.165, 1.54) is 30.5 Å². The molecule has 6 nitrogen and oxygen atoms in total. The molecule has 0 unspecified atom stereocenters. The summed E-state index contributed by atoms with van der Waals surface area (Å²) in [5.74, 6) is -1.84. The number of pyridine rings is 2. The van der Waals surface area contributed by atoms with Crippen molar-refractivity contribution in [1.29, 1.82) is 0 Å². The number of aromatic nitrogens is 3. The summed E-state index contributed by atoms with van der Waals surface area (Å²) in [7, 11) is 0. The Labute approximate surface area is 175 Å². The van der Waals surface area contributed by atoms with E-state index in [-0.39, 0.29) is 5.69 Å². The molecule has 4 aromatic rings. The minimum atomic E-state index is -0.740. The number of amides is 1. The number of H-pyrrole nitrogens is 1. The molecule has 4 rings (SSSR count). The molecule has 0 spiro atoms. The Morgan fingerprint density at radius 1 is 1.07 bits per heavy atom. The largest absolute Gasteiger partial charge is 0.366 e. The van der Waals surface area contributed by atoms with E-state index in [0.717, 1.165) is 5.39 Å². The molecule has 0 saturated heterocycles. The summed E-state index contributed by atoms with van der Waals surface area (Å²) >= 11 is 5.83. The fourth-order valence-corrected chi connectivity index (χ4v) is 3.12. The zero-order valence-corrected chi connectivity index (χ0v) is 16.2. The Hall–Kier alpha value is -3.84. The maximum atomic E-state index is 14.7. The van der Waals surface area contributed by atoms with Crippen LogP contribution >= 0.6 is 11.6 Å². The van der Waals surface area contributed by atoms with E-state index >= 15 is 0 Å². The van der Waals surface area contributed by atoms with Crippen LogP contribution in [0, 0.1) is 5.82 Å². The van der Waals surface area contributed by atoms with Gasteiger partial charge < -0.3 is 10.7 Å². The van der Waals surface area contributed by atoms with Crippen LogP contribution in [0.1, 0.15) is 21.6 Å². The van der Waals surface area contributed by atoms with E-state index in [4.69, 9.17) is 17.3 Å². The highest BCUT2D eigenvalue weighted by molar-refractivity contribution is 6.30. The van der Waals surface area contributed by atoms with Crippen molar-refractivity contribution < 1.29 is 14.0 Å². The molecular weight excluding hydrogens is 407 g/mol. The van der Waals surface area contributed by atoms with Gasteiger partial charge in [-0.15, -0.1) is 0 Å². The van der Waals surface area contributed by atoms with Crippen LogP contribution in [0.4, 0.5) is 4.39 Å². The second-order valence-corrected chi connectivity index (χ2v) is 6.93. The predicted octanol–water partition coefficient (Wildman–Crippen LogP) is 4.15. The number of carbonyl (C=O) groups is 2. The van der Waals surface area contributed by atoms with Gasteiger partial charge in [-0.3, -0.25) is 9.59 Å². The minimum Gasteiger partial charge on any atom is -0.366 e. The highest BCUT2D eigenvalue weighted by Gasteiger charge is 2.17. The SMILES string of the molecule is NC(=O)/C=C/c1c[nH]c2ncc(-c3cnc(C(=O)c4ccc(Cl)cc4)c(F)c3)cc12. The van der Waals surface area contributed by atoms with Crippen LogP contribution in [0.3, 0.4) is 0 Å². The van der Waals surface area contributed by atoms with Crippen molar-refractivity contribution in [2.75, 3.05) is 0 Å².